The molecule has 0 bridgehead atoms. The van der Waals surface area contributed by atoms with Crippen molar-refractivity contribution in [3.63, 3.8) is 0 Å². The Morgan fingerprint density at radius 3 is 2.94 bits per heavy atom. The van der Waals surface area contributed by atoms with Gasteiger partial charge in [0.15, 0.2) is 11.5 Å². The number of fused-ring (bicyclic) bond motifs is 1. The van der Waals surface area contributed by atoms with Crippen LogP contribution < -0.4 is 14.8 Å². The molecule has 1 amide bonds. The lowest BCUT2D eigenvalue weighted by Crippen LogP contribution is -2.26. The van der Waals surface area contributed by atoms with Gasteiger partial charge in [-0.1, -0.05) is 25.8 Å². The number of nitrogens with one attached hydrogen (secondary N) is 1. The van der Waals surface area contributed by atoms with Gasteiger partial charge in [0.2, 0.25) is 0 Å². The fourth-order valence-electron chi connectivity index (χ4n) is 1.92. The first-order chi connectivity index (χ1) is 8.83. The molecule has 0 unspecified atom stereocenters. The van der Waals surface area contributed by atoms with Gasteiger partial charge in [-0.3, -0.25) is 4.79 Å². The van der Waals surface area contributed by atoms with Crippen LogP contribution in [0.15, 0.2) is 18.2 Å². The highest BCUT2D eigenvalue weighted by molar-refractivity contribution is 5.97. The van der Waals surface area contributed by atoms with E-state index in [1.54, 1.807) is 6.07 Å². The third-order valence-electron chi connectivity index (χ3n) is 2.88. The van der Waals surface area contributed by atoms with Crippen molar-refractivity contribution in [2.75, 3.05) is 19.8 Å². The number of hydrogen-bond acceptors (Lipinski definition) is 3. The standard InChI is InChI=1S/C14H19NO3/c1-2-3-4-8-15-14(16)11-6-5-7-12-13(11)18-10-9-17-12/h5-7H,2-4,8-10H2,1H3,(H,15,16). The molecule has 0 saturated heterocycles. The van der Waals surface area contributed by atoms with E-state index in [0.717, 1.165) is 19.3 Å². The maximum Gasteiger partial charge on any atom is 0.255 e. The Hall–Kier alpha value is -1.71. The smallest absolute Gasteiger partial charge is 0.255 e. The highest BCUT2D eigenvalue weighted by Gasteiger charge is 2.19. The first kappa shape index (κ1) is 12.7. The minimum Gasteiger partial charge on any atom is -0.486 e. The molecule has 0 fully saturated rings. The molecule has 2 rings (SSSR count). The fourth-order valence-corrected chi connectivity index (χ4v) is 1.92. The quantitative estimate of drug-likeness (QED) is 0.815. The topological polar surface area (TPSA) is 47.6 Å². The highest BCUT2D eigenvalue weighted by atomic mass is 16.6. The lowest BCUT2D eigenvalue weighted by molar-refractivity contribution is 0.0942. The summed E-state index contributed by atoms with van der Waals surface area (Å²) in [6.45, 7) is 3.87. The van der Waals surface area contributed by atoms with Gasteiger partial charge < -0.3 is 14.8 Å². The van der Waals surface area contributed by atoms with Crippen LogP contribution in [0.4, 0.5) is 0 Å². The zero-order valence-electron chi connectivity index (χ0n) is 10.7. The van der Waals surface area contributed by atoms with Crippen molar-refractivity contribution < 1.29 is 14.3 Å². The molecule has 98 valence electrons. The SMILES string of the molecule is CCCCCNC(=O)c1cccc2c1OCCO2. The molecule has 0 radical (unpaired) electrons. The molecular weight excluding hydrogens is 230 g/mol. The Labute approximate surface area is 107 Å². The van der Waals surface area contributed by atoms with Gasteiger partial charge in [-0.2, -0.15) is 0 Å². The molecule has 0 saturated carbocycles. The summed E-state index contributed by atoms with van der Waals surface area (Å²) in [5, 5.41) is 2.91. The summed E-state index contributed by atoms with van der Waals surface area (Å²) >= 11 is 0. The van der Waals surface area contributed by atoms with Crippen LogP contribution >= 0.6 is 0 Å². The van der Waals surface area contributed by atoms with Crippen molar-refractivity contribution >= 4 is 5.91 Å². The van der Waals surface area contributed by atoms with Crippen LogP contribution in [-0.2, 0) is 0 Å². The summed E-state index contributed by atoms with van der Waals surface area (Å²) < 4.78 is 11.0. The number of unbranched alkanes of at least 4 members (excludes halogenated alkanes) is 2. The van der Waals surface area contributed by atoms with Crippen molar-refractivity contribution in [2.45, 2.75) is 26.2 Å². The van der Waals surface area contributed by atoms with Gasteiger partial charge in [-0.15, -0.1) is 0 Å². The summed E-state index contributed by atoms with van der Waals surface area (Å²) in [4.78, 5) is 12.0. The van der Waals surface area contributed by atoms with Crippen LogP contribution in [0.1, 0.15) is 36.5 Å². The Morgan fingerprint density at radius 2 is 2.11 bits per heavy atom. The molecular formula is C14H19NO3. The summed E-state index contributed by atoms with van der Waals surface area (Å²) in [6.07, 6.45) is 3.29. The van der Waals surface area contributed by atoms with Gasteiger partial charge >= 0.3 is 0 Å². The first-order valence-corrected chi connectivity index (χ1v) is 6.49. The Balaban J connectivity index is 2.01. The third kappa shape index (κ3) is 2.94. The lowest BCUT2D eigenvalue weighted by atomic mass is 10.1. The number of carbonyl (C=O) groups excluding carboxylic acids is 1. The largest absolute Gasteiger partial charge is 0.486 e. The average Bonchev–Trinajstić information content (AvgIpc) is 2.43. The van der Waals surface area contributed by atoms with Gasteiger partial charge in [0.05, 0.1) is 5.56 Å². The van der Waals surface area contributed by atoms with Crippen molar-refractivity contribution in [3.8, 4) is 11.5 Å². The van der Waals surface area contributed by atoms with Crippen molar-refractivity contribution in [3.05, 3.63) is 23.8 Å². The number of ether oxygens (including phenoxy) is 2. The number of rotatable bonds is 5. The second-order valence-corrected chi connectivity index (χ2v) is 4.29. The molecule has 1 aliphatic heterocycles. The van der Waals surface area contributed by atoms with E-state index < -0.39 is 0 Å². The monoisotopic (exact) mass is 249 g/mol. The first-order valence-electron chi connectivity index (χ1n) is 6.49. The van der Waals surface area contributed by atoms with Crippen LogP contribution in [-0.4, -0.2) is 25.7 Å². The molecule has 0 aliphatic carbocycles. The number of para-hydroxylation sites is 1. The Bertz CT molecular complexity index is 418. The van der Waals surface area contributed by atoms with E-state index in [0.29, 0.717) is 36.8 Å². The molecule has 4 nitrogen and oxygen atoms in total. The molecule has 0 atom stereocenters. The lowest BCUT2D eigenvalue weighted by Gasteiger charge is -2.20. The molecule has 1 heterocycles. The van der Waals surface area contributed by atoms with Crippen molar-refractivity contribution in [1.29, 1.82) is 0 Å². The summed E-state index contributed by atoms with van der Waals surface area (Å²) in [5.74, 6) is 1.13. The van der Waals surface area contributed by atoms with Crippen LogP contribution in [0.3, 0.4) is 0 Å². The van der Waals surface area contributed by atoms with Gasteiger partial charge in [-0.25, -0.2) is 0 Å². The predicted octanol–water partition coefficient (Wildman–Crippen LogP) is 2.38. The number of carbonyl (C=O) groups is 1. The van der Waals surface area contributed by atoms with Crippen molar-refractivity contribution in [2.24, 2.45) is 0 Å². The second-order valence-electron chi connectivity index (χ2n) is 4.29. The number of benzene rings is 1. The minimum absolute atomic E-state index is 0.0894. The average molecular weight is 249 g/mol. The van der Waals surface area contributed by atoms with Crippen molar-refractivity contribution in [1.82, 2.24) is 5.32 Å². The third-order valence-corrected chi connectivity index (χ3v) is 2.88. The zero-order valence-corrected chi connectivity index (χ0v) is 10.7. The second kappa shape index (κ2) is 6.28. The van der Waals surface area contributed by atoms with E-state index in [9.17, 15) is 4.79 Å². The predicted molar refractivity (Wildman–Crippen MR) is 69.3 cm³/mol. The fraction of sp³-hybridized carbons (Fsp3) is 0.500. The molecule has 18 heavy (non-hydrogen) atoms. The number of hydrogen-bond donors (Lipinski definition) is 1. The normalized spacial score (nSPS) is 13.2. The maximum atomic E-state index is 12.0. The minimum atomic E-state index is -0.0894. The Kier molecular flexibility index (Phi) is 4.45. The zero-order chi connectivity index (χ0) is 12.8. The molecule has 0 aromatic heterocycles. The van der Waals surface area contributed by atoms with Crippen LogP contribution in [0.2, 0.25) is 0 Å². The van der Waals surface area contributed by atoms with Gasteiger partial charge in [0, 0.05) is 6.54 Å². The van der Waals surface area contributed by atoms with Gasteiger partial charge in [0.25, 0.3) is 5.91 Å². The van der Waals surface area contributed by atoms with E-state index >= 15 is 0 Å². The van der Waals surface area contributed by atoms with E-state index in [2.05, 4.69) is 12.2 Å². The molecule has 4 heteroatoms. The molecule has 1 aromatic rings. The molecule has 0 spiro atoms. The molecule has 1 aromatic carbocycles. The van der Waals surface area contributed by atoms with E-state index in [-0.39, 0.29) is 5.91 Å². The summed E-state index contributed by atoms with van der Waals surface area (Å²) in [5.41, 5.74) is 0.559. The van der Waals surface area contributed by atoms with E-state index in [4.69, 9.17) is 9.47 Å². The van der Waals surface area contributed by atoms with Gasteiger partial charge in [0.1, 0.15) is 13.2 Å². The van der Waals surface area contributed by atoms with Crippen LogP contribution in [0.25, 0.3) is 0 Å². The maximum absolute atomic E-state index is 12.0. The van der Waals surface area contributed by atoms with Gasteiger partial charge in [-0.05, 0) is 18.6 Å². The molecule has 1 N–H and O–H groups in total. The summed E-state index contributed by atoms with van der Waals surface area (Å²) in [6, 6.07) is 5.40. The Morgan fingerprint density at radius 1 is 1.28 bits per heavy atom. The highest BCUT2D eigenvalue weighted by Crippen LogP contribution is 2.33. The molecule has 1 aliphatic rings. The van der Waals surface area contributed by atoms with E-state index in [1.165, 1.54) is 0 Å². The van der Waals surface area contributed by atoms with E-state index in [1.807, 2.05) is 12.1 Å². The van der Waals surface area contributed by atoms with Crippen LogP contribution in [0.5, 0.6) is 11.5 Å². The summed E-state index contributed by atoms with van der Waals surface area (Å²) in [7, 11) is 0. The van der Waals surface area contributed by atoms with Crippen LogP contribution in [0, 0.1) is 0 Å². The number of amides is 1.